The lowest BCUT2D eigenvalue weighted by Gasteiger charge is -2.30. The number of nitrogens with zero attached hydrogens (tertiary/aromatic N) is 4. The van der Waals surface area contributed by atoms with E-state index in [1.165, 1.54) is 11.8 Å². The van der Waals surface area contributed by atoms with Crippen molar-refractivity contribution in [3.05, 3.63) is 24.3 Å². The number of carbonyl (C=O) groups is 1. The summed E-state index contributed by atoms with van der Waals surface area (Å²) in [6.07, 6.45) is 2.20. The maximum atomic E-state index is 12.5. The molecule has 0 bridgehead atoms. The van der Waals surface area contributed by atoms with Crippen LogP contribution in [0.15, 0.2) is 29.4 Å². The van der Waals surface area contributed by atoms with Crippen molar-refractivity contribution in [1.82, 2.24) is 19.7 Å². The molecule has 26 heavy (non-hydrogen) atoms. The SMILES string of the molecule is CCn1c(SCC(=O)N2CCC(C)CC2)nnc1-c1ccc(OC)cc1. The molecule has 1 amide bonds. The Morgan fingerprint density at radius 2 is 1.92 bits per heavy atom. The van der Waals surface area contributed by atoms with Gasteiger partial charge in [0.1, 0.15) is 5.75 Å². The zero-order valence-corrected chi connectivity index (χ0v) is 16.5. The number of carbonyl (C=O) groups excluding carboxylic acids is 1. The Kier molecular flexibility index (Phi) is 6.19. The summed E-state index contributed by atoms with van der Waals surface area (Å²) in [6, 6.07) is 7.78. The van der Waals surface area contributed by atoms with Crippen LogP contribution in [0.5, 0.6) is 5.75 Å². The van der Waals surface area contributed by atoms with Gasteiger partial charge in [-0.3, -0.25) is 4.79 Å². The fourth-order valence-electron chi connectivity index (χ4n) is 3.11. The monoisotopic (exact) mass is 374 g/mol. The van der Waals surface area contributed by atoms with Gasteiger partial charge in [-0.1, -0.05) is 18.7 Å². The molecule has 1 aromatic heterocycles. The molecule has 1 aliphatic rings. The van der Waals surface area contributed by atoms with Crippen LogP contribution in [0.1, 0.15) is 26.7 Å². The summed E-state index contributed by atoms with van der Waals surface area (Å²) in [5.41, 5.74) is 0.989. The zero-order chi connectivity index (χ0) is 18.5. The summed E-state index contributed by atoms with van der Waals surface area (Å²) in [4.78, 5) is 14.4. The fourth-order valence-corrected chi connectivity index (χ4v) is 4.01. The van der Waals surface area contributed by atoms with Crippen LogP contribution in [0.2, 0.25) is 0 Å². The standard InChI is InChI=1S/C19H26N4O2S/c1-4-23-18(15-5-7-16(25-3)8-6-15)20-21-19(23)26-13-17(24)22-11-9-14(2)10-12-22/h5-8,14H,4,9-13H2,1-3H3. The predicted molar refractivity (Wildman–Crippen MR) is 103 cm³/mol. The van der Waals surface area contributed by atoms with E-state index >= 15 is 0 Å². The van der Waals surface area contributed by atoms with Crippen LogP contribution in [0.25, 0.3) is 11.4 Å². The van der Waals surface area contributed by atoms with Crippen molar-refractivity contribution in [2.24, 2.45) is 5.92 Å². The topological polar surface area (TPSA) is 60.2 Å². The number of benzene rings is 1. The highest BCUT2D eigenvalue weighted by atomic mass is 32.2. The van der Waals surface area contributed by atoms with Crippen LogP contribution in [0, 0.1) is 5.92 Å². The lowest BCUT2D eigenvalue weighted by Crippen LogP contribution is -2.38. The molecule has 0 atom stereocenters. The molecule has 1 saturated heterocycles. The molecule has 0 spiro atoms. The van der Waals surface area contributed by atoms with Crippen molar-refractivity contribution in [1.29, 1.82) is 0 Å². The first kappa shape index (κ1) is 18.8. The Hall–Kier alpha value is -2.02. The summed E-state index contributed by atoms with van der Waals surface area (Å²) < 4.78 is 7.26. The smallest absolute Gasteiger partial charge is 0.233 e. The van der Waals surface area contributed by atoms with Crippen molar-refractivity contribution in [2.45, 2.75) is 38.4 Å². The molecule has 2 aromatic rings. The van der Waals surface area contributed by atoms with Gasteiger partial charge in [-0.05, 0) is 49.9 Å². The summed E-state index contributed by atoms with van der Waals surface area (Å²) in [5, 5.41) is 9.44. The van der Waals surface area contributed by atoms with Gasteiger partial charge >= 0.3 is 0 Å². The fraction of sp³-hybridized carbons (Fsp3) is 0.526. The molecule has 140 valence electrons. The van der Waals surface area contributed by atoms with Crippen LogP contribution in [-0.4, -0.2) is 51.5 Å². The van der Waals surface area contributed by atoms with Crippen LogP contribution >= 0.6 is 11.8 Å². The molecule has 0 aliphatic carbocycles. The first-order valence-corrected chi connectivity index (χ1v) is 10.1. The summed E-state index contributed by atoms with van der Waals surface area (Å²) in [6.45, 7) is 6.82. The highest BCUT2D eigenvalue weighted by Crippen LogP contribution is 2.26. The van der Waals surface area contributed by atoms with Gasteiger partial charge in [-0.25, -0.2) is 0 Å². The van der Waals surface area contributed by atoms with Crippen molar-refractivity contribution < 1.29 is 9.53 Å². The normalized spacial score (nSPS) is 15.3. The van der Waals surface area contributed by atoms with E-state index in [1.807, 2.05) is 29.2 Å². The van der Waals surface area contributed by atoms with Crippen LogP contribution in [-0.2, 0) is 11.3 Å². The molecular formula is C19H26N4O2S. The Morgan fingerprint density at radius 3 is 2.54 bits per heavy atom. The number of piperidine rings is 1. The first-order chi connectivity index (χ1) is 12.6. The highest BCUT2D eigenvalue weighted by Gasteiger charge is 2.21. The van der Waals surface area contributed by atoms with Crippen molar-refractivity contribution in [3.8, 4) is 17.1 Å². The Balaban J connectivity index is 1.67. The van der Waals surface area contributed by atoms with Gasteiger partial charge in [0.25, 0.3) is 0 Å². The predicted octanol–water partition coefficient (Wildman–Crippen LogP) is 3.32. The first-order valence-electron chi connectivity index (χ1n) is 9.10. The average Bonchev–Trinajstić information content (AvgIpc) is 3.09. The van der Waals surface area contributed by atoms with Crippen LogP contribution in [0.3, 0.4) is 0 Å². The van der Waals surface area contributed by atoms with Gasteiger partial charge in [0.05, 0.1) is 12.9 Å². The lowest BCUT2D eigenvalue weighted by molar-refractivity contribution is -0.129. The van der Waals surface area contributed by atoms with Gasteiger partial charge in [0, 0.05) is 25.2 Å². The minimum atomic E-state index is 0.193. The maximum Gasteiger partial charge on any atom is 0.233 e. The number of rotatable bonds is 6. The number of aromatic nitrogens is 3. The average molecular weight is 375 g/mol. The van der Waals surface area contributed by atoms with E-state index in [9.17, 15) is 4.79 Å². The van der Waals surface area contributed by atoms with Gasteiger partial charge < -0.3 is 14.2 Å². The Labute approximate surface area is 158 Å². The lowest BCUT2D eigenvalue weighted by atomic mass is 9.99. The van der Waals surface area contributed by atoms with E-state index in [0.29, 0.717) is 5.75 Å². The van der Waals surface area contributed by atoms with Gasteiger partial charge in [0.2, 0.25) is 5.91 Å². The highest BCUT2D eigenvalue weighted by molar-refractivity contribution is 7.99. The van der Waals surface area contributed by atoms with Gasteiger partial charge in [0.15, 0.2) is 11.0 Å². The molecule has 7 heteroatoms. The number of ether oxygens (including phenoxy) is 1. The third-order valence-corrected chi connectivity index (χ3v) is 5.79. The van der Waals surface area contributed by atoms with E-state index in [4.69, 9.17) is 4.74 Å². The van der Waals surface area contributed by atoms with E-state index in [-0.39, 0.29) is 5.91 Å². The molecule has 1 aromatic carbocycles. The number of amides is 1. The number of hydrogen-bond donors (Lipinski definition) is 0. The second-order valence-electron chi connectivity index (χ2n) is 6.63. The van der Waals surface area contributed by atoms with Crippen molar-refractivity contribution in [2.75, 3.05) is 26.0 Å². The summed E-state index contributed by atoms with van der Waals surface area (Å²) in [7, 11) is 1.65. The number of methoxy groups -OCH3 is 1. The minimum absolute atomic E-state index is 0.193. The van der Waals surface area contributed by atoms with E-state index < -0.39 is 0 Å². The summed E-state index contributed by atoms with van der Waals surface area (Å²) in [5.74, 6) is 2.96. The Morgan fingerprint density at radius 1 is 1.23 bits per heavy atom. The minimum Gasteiger partial charge on any atom is -0.497 e. The zero-order valence-electron chi connectivity index (χ0n) is 15.6. The molecule has 0 saturated carbocycles. The largest absolute Gasteiger partial charge is 0.497 e. The second kappa shape index (κ2) is 8.58. The Bertz CT molecular complexity index is 736. The molecule has 1 fully saturated rings. The van der Waals surface area contributed by atoms with Crippen LogP contribution in [0.4, 0.5) is 0 Å². The molecule has 0 radical (unpaired) electrons. The molecule has 1 aliphatic heterocycles. The number of hydrogen-bond acceptors (Lipinski definition) is 5. The summed E-state index contributed by atoms with van der Waals surface area (Å²) >= 11 is 1.47. The van der Waals surface area contributed by atoms with E-state index in [0.717, 1.165) is 60.7 Å². The molecule has 0 unspecified atom stereocenters. The van der Waals surface area contributed by atoms with Gasteiger partial charge in [-0.2, -0.15) is 0 Å². The maximum absolute atomic E-state index is 12.5. The second-order valence-corrected chi connectivity index (χ2v) is 7.57. The van der Waals surface area contributed by atoms with E-state index in [2.05, 4.69) is 28.6 Å². The quantitative estimate of drug-likeness (QED) is 0.726. The number of thioether (sulfide) groups is 1. The number of likely N-dealkylation sites (tertiary alicyclic amines) is 1. The molecule has 2 heterocycles. The van der Waals surface area contributed by atoms with Crippen molar-refractivity contribution in [3.63, 3.8) is 0 Å². The molecule has 3 rings (SSSR count). The van der Waals surface area contributed by atoms with Gasteiger partial charge in [-0.15, -0.1) is 10.2 Å². The van der Waals surface area contributed by atoms with Crippen LogP contribution < -0.4 is 4.74 Å². The van der Waals surface area contributed by atoms with Crippen molar-refractivity contribution >= 4 is 17.7 Å². The van der Waals surface area contributed by atoms with E-state index in [1.54, 1.807) is 7.11 Å². The molecule has 6 nitrogen and oxygen atoms in total. The molecular weight excluding hydrogens is 348 g/mol. The third-order valence-electron chi connectivity index (χ3n) is 4.84. The molecule has 0 N–H and O–H groups in total. The third kappa shape index (κ3) is 4.20.